The van der Waals surface area contributed by atoms with E-state index < -0.39 is 5.97 Å². The number of carbonyl (C=O) groups is 2. The number of halogens is 1. The van der Waals surface area contributed by atoms with Crippen molar-refractivity contribution in [3.8, 4) is 5.75 Å². The Morgan fingerprint density at radius 2 is 1.79 bits per heavy atom. The van der Waals surface area contributed by atoms with Crippen LogP contribution in [0.5, 0.6) is 5.75 Å². The summed E-state index contributed by atoms with van der Waals surface area (Å²) in [6, 6.07) is 21.8. The van der Waals surface area contributed by atoms with E-state index in [1.165, 1.54) is 23.9 Å². The van der Waals surface area contributed by atoms with Crippen molar-refractivity contribution in [2.75, 3.05) is 6.54 Å². The highest BCUT2D eigenvalue weighted by atomic mass is 79.9. The third kappa shape index (κ3) is 5.58. The Bertz CT molecular complexity index is 1270. The summed E-state index contributed by atoms with van der Waals surface area (Å²) < 4.78 is 7.05. The smallest absolute Gasteiger partial charge is 0.335 e. The number of aromatic carboxylic acids is 1. The second-order valence-corrected chi connectivity index (χ2v) is 9.28. The van der Waals surface area contributed by atoms with Crippen LogP contribution < -0.4 is 4.74 Å². The van der Waals surface area contributed by atoms with Crippen molar-refractivity contribution in [2.45, 2.75) is 13.5 Å². The lowest BCUT2D eigenvalue weighted by atomic mass is 10.1. The molecular formula is C26H21BrN2O4S. The highest BCUT2D eigenvalue weighted by Crippen LogP contribution is 2.35. The van der Waals surface area contributed by atoms with Gasteiger partial charge in [-0.05, 0) is 72.8 Å². The van der Waals surface area contributed by atoms with Gasteiger partial charge in [-0.15, -0.1) is 0 Å². The fraction of sp³-hybridized carbons (Fsp3) is 0.115. The number of amidine groups is 1. The standard InChI is InChI=1S/C26H21BrN2O4S/c1-2-29-24(30)23(34-26(29)28-21-13-9-18(10-14-21)25(31)32)15-19-5-3-4-6-22(19)33-16-17-7-11-20(27)12-8-17/h3-15H,2,16H2,1H3,(H,31,32). The highest BCUT2D eigenvalue weighted by Gasteiger charge is 2.32. The average molecular weight is 537 g/mol. The lowest BCUT2D eigenvalue weighted by molar-refractivity contribution is -0.122. The Hall–Kier alpha value is -3.36. The fourth-order valence-electron chi connectivity index (χ4n) is 3.27. The van der Waals surface area contributed by atoms with Crippen molar-refractivity contribution in [3.63, 3.8) is 0 Å². The minimum atomic E-state index is -0.994. The van der Waals surface area contributed by atoms with E-state index >= 15 is 0 Å². The third-order valence-corrected chi connectivity index (χ3v) is 6.59. The molecule has 34 heavy (non-hydrogen) atoms. The number of nitrogens with zero attached hydrogens (tertiary/aromatic N) is 2. The van der Waals surface area contributed by atoms with E-state index in [4.69, 9.17) is 9.84 Å². The number of carboxylic acid groups (broad SMARTS) is 1. The van der Waals surface area contributed by atoms with Gasteiger partial charge in [-0.3, -0.25) is 9.69 Å². The molecule has 0 aliphatic carbocycles. The van der Waals surface area contributed by atoms with E-state index in [2.05, 4.69) is 20.9 Å². The first-order chi connectivity index (χ1) is 16.4. The Labute approximate surface area is 210 Å². The zero-order chi connectivity index (χ0) is 24.1. The van der Waals surface area contributed by atoms with E-state index in [0.717, 1.165) is 15.6 Å². The number of carboxylic acids is 1. The summed E-state index contributed by atoms with van der Waals surface area (Å²) in [4.78, 5) is 30.8. The van der Waals surface area contributed by atoms with Crippen LogP contribution in [0.2, 0.25) is 0 Å². The topological polar surface area (TPSA) is 79.2 Å². The minimum Gasteiger partial charge on any atom is -0.488 e. The van der Waals surface area contributed by atoms with Crippen LogP contribution in [0.4, 0.5) is 5.69 Å². The monoisotopic (exact) mass is 536 g/mol. The van der Waals surface area contributed by atoms with Crippen molar-refractivity contribution < 1.29 is 19.4 Å². The number of thioether (sulfide) groups is 1. The first kappa shape index (κ1) is 23.8. The molecule has 172 valence electrons. The SMILES string of the molecule is CCN1C(=O)C(=Cc2ccccc2OCc2ccc(Br)cc2)SC1=Nc1ccc(C(=O)O)cc1. The van der Waals surface area contributed by atoms with Crippen LogP contribution in [-0.4, -0.2) is 33.6 Å². The van der Waals surface area contributed by atoms with Gasteiger partial charge in [-0.2, -0.15) is 0 Å². The number of amides is 1. The molecule has 1 aliphatic heterocycles. The molecular weight excluding hydrogens is 516 g/mol. The first-order valence-electron chi connectivity index (χ1n) is 10.5. The fourth-order valence-corrected chi connectivity index (χ4v) is 4.59. The number of aliphatic imine (C=N–C) groups is 1. The van der Waals surface area contributed by atoms with Crippen LogP contribution in [0.25, 0.3) is 6.08 Å². The van der Waals surface area contributed by atoms with Crippen LogP contribution in [0.1, 0.15) is 28.4 Å². The number of hydrogen-bond donors (Lipinski definition) is 1. The zero-order valence-corrected chi connectivity index (χ0v) is 20.7. The van der Waals surface area contributed by atoms with Crippen LogP contribution in [-0.2, 0) is 11.4 Å². The second-order valence-electron chi connectivity index (χ2n) is 7.36. The number of ether oxygens (including phenoxy) is 1. The van der Waals surface area contributed by atoms with Gasteiger partial charge in [0.05, 0.1) is 16.2 Å². The van der Waals surface area contributed by atoms with Crippen LogP contribution in [0.3, 0.4) is 0 Å². The lowest BCUT2D eigenvalue weighted by Crippen LogP contribution is -2.28. The molecule has 0 saturated carbocycles. The molecule has 1 fully saturated rings. The van der Waals surface area contributed by atoms with Gasteiger partial charge in [0, 0.05) is 16.6 Å². The molecule has 1 N–H and O–H groups in total. The number of para-hydroxylation sites is 1. The van der Waals surface area contributed by atoms with Gasteiger partial charge in [-0.25, -0.2) is 9.79 Å². The Balaban J connectivity index is 1.56. The lowest BCUT2D eigenvalue weighted by Gasteiger charge is -2.12. The Morgan fingerprint density at radius 1 is 1.09 bits per heavy atom. The maximum atomic E-state index is 13.0. The molecule has 0 spiro atoms. The van der Waals surface area contributed by atoms with Gasteiger partial charge in [-0.1, -0.05) is 46.3 Å². The Morgan fingerprint density at radius 3 is 2.47 bits per heavy atom. The average Bonchev–Trinajstić information content (AvgIpc) is 3.13. The van der Waals surface area contributed by atoms with Gasteiger partial charge in [0.25, 0.3) is 5.91 Å². The number of carbonyl (C=O) groups excluding carboxylic acids is 1. The first-order valence-corrected chi connectivity index (χ1v) is 12.2. The molecule has 6 nitrogen and oxygen atoms in total. The minimum absolute atomic E-state index is 0.129. The summed E-state index contributed by atoms with van der Waals surface area (Å²) >= 11 is 4.72. The van der Waals surface area contributed by atoms with Gasteiger partial charge in [0.1, 0.15) is 12.4 Å². The summed E-state index contributed by atoms with van der Waals surface area (Å²) in [6.45, 7) is 2.77. The highest BCUT2D eigenvalue weighted by molar-refractivity contribution is 9.10. The van der Waals surface area contributed by atoms with Crippen LogP contribution in [0, 0.1) is 0 Å². The van der Waals surface area contributed by atoms with E-state index in [9.17, 15) is 9.59 Å². The number of hydrogen-bond acceptors (Lipinski definition) is 5. The third-order valence-electron chi connectivity index (χ3n) is 5.06. The van der Waals surface area contributed by atoms with Crippen LogP contribution in [0.15, 0.2) is 87.2 Å². The molecule has 0 aromatic heterocycles. The molecule has 0 bridgehead atoms. The molecule has 1 saturated heterocycles. The predicted octanol–water partition coefficient (Wildman–Crippen LogP) is 6.35. The van der Waals surface area contributed by atoms with Gasteiger partial charge < -0.3 is 9.84 Å². The normalized spacial score (nSPS) is 15.8. The largest absolute Gasteiger partial charge is 0.488 e. The Kier molecular flexibility index (Phi) is 7.49. The zero-order valence-electron chi connectivity index (χ0n) is 18.3. The predicted molar refractivity (Wildman–Crippen MR) is 138 cm³/mol. The van der Waals surface area contributed by atoms with Gasteiger partial charge in [0.2, 0.25) is 0 Å². The molecule has 0 atom stereocenters. The van der Waals surface area contributed by atoms with Gasteiger partial charge in [0.15, 0.2) is 5.17 Å². The van der Waals surface area contributed by atoms with E-state index in [1.807, 2.05) is 61.5 Å². The van der Waals surface area contributed by atoms with E-state index in [1.54, 1.807) is 17.0 Å². The van der Waals surface area contributed by atoms with E-state index in [-0.39, 0.29) is 11.5 Å². The van der Waals surface area contributed by atoms with E-state index in [0.29, 0.717) is 34.7 Å². The number of benzene rings is 3. The van der Waals surface area contributed by atoms with Crippen molar-refractivity contribution in [1.82, 2.24) is 4.90 Å². The molecule has 1 heterocycles. The molecule has 3 aromatic carbocycles. The summed E-state index contributed by atoms with van der Waals surface area (Å²) in [7, 11) is 0. The molecule has 1 aliphatic rings. The molecule has 1 amide bonds. The van der Waals surface area contributed by atoms with Gasteiger partial charge >= 0.3 is 5.97 Å². The van der Waals surface area contributed by atoms with Crippen molar-refractivity contribution in [3.05, 3.63) is 98.9 Å². The summed E-state index contributed by atoms with van der Waals surface area (Å²) in [5, 5.41) is 9.62. The second kappa shape index (κ2) is 10.7. The quantitative estimate of drug-likeness (QED) is 0.356. The van der Waals surface area contributed by atoms with Crippen LogP contribution >= 0.6 is 27.7 Å². The maximum Gasteiger partial charge on any atom is 0.335 e. The molecule has 0 radical (unpaired) electrons. The molecule has 3 aromatic rings. The number of likely N-dealkylation sites (N-methyl/N-ethyl adjacent to an activating group) is 1. The van der Waals surface area contributed by atoms with Crippen molar-refractivity contribution in [1.29, 1.82) is 0 Å². The number of rotatable bonds is 7. The van der Waals surface area contributed by atoms with Crippen molar-refractivity contribution >= 4 is 56.5 Å². The molecule has 4 rings (SSSR count). The molecule has 8 heteroatoms. The summed E-state index contributed by atoms with van der Waals surface area (Å²) in [5.74, 6) is -0.439. The summed E-state index contributed by atoms with van der Waals surface area (Å²) in [5.41, 5.74) is 2.61. The summed E-state index contributed by atoms with van der Waals surface area (Å²) in [6.07, 6.45) is 1.82. The van der Waals surface area contributed by atoms with Crippen molar-refractivity contribution in [2.24, 2.45) is 4.99 Å². The maximum absolute atomic E-state index is 13.0. The molecule has 0 unspecified atom stereocenters.